The summed E-state index contributed by atoms with van der Waals surface area (Å²) in [5.41, 5.74) is 2.92. The van der Waals surface area contributed by atoms with Crippen LogP contribution in [0.3, 0.4) is 0 Å². The van der Waals surface area contributed by atoms with E-state index in [4.69, 9.17) is 4.98 Å². The van der Waals surface area contributed by atoms with E-state index in [1.807, 2.05) is 11.3 Å². The van der Waals surface area contributed by atoms with Gasteiger partial charge in [-0.1, -0.05) is 43.2 Å². The molecule has 1 aliphatic carbocycles. The van der Waals surface area contributed by atoms with E-state index in [9.17, 15) is 0 Å². The maximum atomic E-state index is 5.08. The lowest BCUT2D eigenvalue weighted by Gasteiger charge is -2.27. The molecule has 0 spiro atoms. The van der Waals surface area contributed by atoms with Gasteiger partial charge >= 0.3 is 0 Å². The molecule has 1 unspecified atom stereocenters. The van der Waals surface area contributed by atoms with Crippen LogP contribution in [0.25, 0.3) is 0 Å². The third kappa shape index (κ3) is 2.33. The van der Waals surface area contributed by atoms with Crippen LogP contribution in [0.4, 0.5) is 0 Å². The van der Waals surface area contributed by atoms with Gasteiger partial charge in [0.2, 0.25) is 0 Å². The Kier molecular flexibility index (Phi) is 3.56. The van der Waals surface area contributed by atoms with Crippen molar-refractivity contribution in [2.75, 3.05) is 6.54 Å². The van der Waals surface area contributed by atoms with E-state index in [0.717, 1.165) is 6.54 Å². The third-order valence-corrected chi connectivity index (χ3v) is 6.20. The van der Waals surface area contributed by atoms with Crippen LogP contribution in [0.15, 0.2) is 35.7 Å². The van der Waals surface area contributed by atoms with Crippen molar-refractivity contribution >= 4 is 11.3 Å². The normalized spacial score (nSPS) is 24.5. The Hall–Kier alpha value is -1.19. The molecule has 1 aromatic carbocycles. The summed E-state index contributed by atoms with van der Waals surface area (Å²) in [5, 5.41) is 7.21. The van der Waals surface area contributed by atoms with Gasteiger partial charge in [0, 0.05) is 10.8 Å². The van der Waals surface area contributed by atoms with E-state index < -0.39 is 0 Å². The molecule has 1 saturated carbocycles. The number of thiazole rings is 1. The predicted octanol–water partition coefficient (Wildman–Crippen LogP) is 4.43. The predicted molar refractivity (Wildman–Crippen MR) is 87.8 cm³/mol. The number of hydrogen-bond acceptors (Lipinski definition) is 3. The zero-order valence-electron chi connectivity index (χ0n) is 12.3. The molecule has 2 aliphatic rings. The first-order valence-corrected chi connectivity index (χ1v) is 9.01. The number of nitrogens with zero attached hydrogens (tertiary/aromatic N) is 1. The molecule has 1 saturated heterocycles. The van der Waals surface area contributed by atoms with Crippen LogP contribution in [-0.4, -0.2) is 11.5 Å². The third-order valence-electron chi connectivity index (χ3n) is 5.13. The van der Waals surface area contributed by atoms with Crippen molar-refractivity contribution in [1.82, 2.24) is 10.3 Å². The van der Waals surface area contributed by atoms with Crippen molar-refractivity contribution in [2.24, 2.45) is 0 Å². The van der Waals surface area contributed by atoms with Gasteiger partial charge in [-0.05, 0) is 37.8 Å². The van der Waals surface area contributed by atoms with Crippen molar-refractivity contribution < 1.29 is 0 Å². The molecule has 2 heterocycles. The van der Waals surface area contributed by atoms with E-state index in [1.54, 1.807) is 0 Å². The quantitative estimate of drug-likeness (QED) is 0.907. The van der Waals surface area contributed by atoms with Gasteiger partial charge in [0.15, 0.2) is 0 Å². The summed E-state index contributed by atoms with van der Waals surface area (Å²) in [6, 6.07) is 11.5. The summed E-state index contributed by atoms with van der Waals surface area (Å²) in [4.78, 5) is 5.08. The zero-order valence-corrected chi connectivity index (χ0v) is 13.2. The number of rotatable bonds is 3. The van der Waals surface area contributed by atoms with Crippen LogP contribution in [0.1, 0.15) is 60.8 Å². The van der Waals surface area contributed by atoms with Crippen LogP contribution < -0.4 is 5.32 Å². The number of hydrogen-bond donors (Lipinski definition) is 1. The molecule has 2 nitrogen and oxygen atoms in total. The molecule has 0 bridgehead atoms. The molecule has 1 aromatic heterocycles. The SMILES string of the molecule is c1ccc(C2(c3nc(C4CCCN4)cs3)CCCC2)cc1. The average molecular weight is 298 g/mol. The molecule has 3 heteroatoms. The largest absolute Gasteiger partial charge is 0.309 e. The average Bonchev–Trinajstić information content (AvgIpc) is 3.28. The Bertz CT molecular complexity index is 593. The maximum absolute atomic E-state index is 5.08. The van der Waals surface area contributed by atoms with E-state index in [0.29, 0.717) is 6.04 Å². The standard InChI is InChI=1S/C18H22N2S/c1-2-7-14(8-3-1)18(10-4-5-11-18)17-20-16(13-21-17)15-9-6-12-19-15/h1-3,7-8,13,15,19H,4-6,9-12H2. The summed E-state index contributed by atoms with van der Waals surface area (Å²) in [6.07, 6.45) is 7.67. The Morgan fingerprint density at radius 2 is 1.90 bits per heavy atom. The van der Waals surface area contributed by atoms with Crippen LogP contribution in [-0.2, 0) is 5.41 Å². The van der Waals surface area contributed by atoms with E-state index >= 15 is 0 Å². The van der Waals surface area contributed by atoms with Crippen molar-refractivity contribution in [3.63, 3.8) is 0 Å². The molecule has 0 amide bonds. The second kappa shape index (κ2) is 5.54. The van der Waals surface area contributed by atoms with E-state index in [-0.39, 0.29) is 5.41 Å². The monoisotopic (exact) mass is 298 g/mol. The fourth-order valence-corrected chi connectivity index (χ4v) is 5.12. The van der Waals surface area contributed by atoms with Crippen LogP contribution >= 0.6 is 11.3 Å². The summed E-state index contributed by atoms with van der Waals surface area (Å²) < 4.78 is 0. The fourth-order valence-electron chi connectivity index (χ4n) is 3.96. The van der Waals surface area contributed by atoms with Crippen molar-refractivity contribution in [3.05, 3.63) is 52.0 Å². The summed E-state index contributed by atoms with van der Waals surface area (Å²) in [7, 11) is 0. The highest BCUT2D eigenvalue weighted by Gasteiger charge is 2.40. The first-order chi connectivity index (χ1) is 10.4. The topological polar surface area (TPSA) is 24.9 Å². The minimum Gasteiger partial charge on any atom is -0.309 e. The van der Waals surface area contributed by atoms with Gasteiger partial charge in [0.1, 0.15) is 5.01 Å². The molecule has 1 atom stereocenters. The highest BCUT2D eigenvalue weighted by atomic mass is 32.1. The van der Waals surface area contributed by atoms with Crippen molar-refractivity contribution in [2.45, 2.75) is 50.0 Å². The number of benzene rings is 1. The molecular formula is C18H22N2S. The highest BCUT2D eigenvalue weighted by molar-refractivity contribution is 7.09. The Morgan fingerprint density at radius 3 is 2.62 bits per heavy atom. The van der Waals surface area contributed by atoms with Crippen LogP contribution in [0.2, 0.25) is 0 Å². The molecule has 1 aliphatic heterocycles. The highest BCUT2D eigenvalue weighted by Crippen LogP contribution is 2.47. The van der Waals surface area contributed by atoms with Crippen LogP contribution in [0.5, 0.6) is 0 Å². The molecule has 21 heavy (non-hydrogen) atoms. The molecule has 2 fully saturated rings. The molecule has 4 rings (SSSR count). The van der Waals surface area contributed by atoms with Gasteiger partial charge in [-0.25, -0.2) is 4.98 Å². The van der Waals surface area contributed by atoms with Gasteiger partial charge in [-0.15, -0.1) is 11.3 Å². The van der Waals surface area contributed by atoms with Gasteiger partial charge in [0.05, 0.1) is 11.7 Å². The smallest absolute Gasteiger partial charge is 0.103 e. The van der Waals surface area contributed by atoms with Gasteiger partial charge in [-0.2, -0.15) is 0 Å². The molecule has 0 radical (unpaired) electrons. The summed E-state index contributed by atoms with van der Waals surface area (Å²) in [6.45, 7) is 1.14. The van der Waals surface area contributed by atoms with Crippen LogP contribution in [0, 0.1) is 0 Å². The molecule has 110 valence electrons. The molecule has 1 N–H and O–H groups in total. The number of aromatic nitrogens is 1. The number of nitrogens with one attached hydrogen (secondary N) is 1. The molecular weight excluding hydrogens is 276 g/mol. The first kappa shape index (κ1) is 13.5. The summed E-state index contributed by atoms with van der Waals surface area (Å²) >= 11 is 1.88. The second-order valence-corrected chi connectivity index (χ2v) is 7.24. The Morgan fingerprint density at radius 1 is 1.10 bits per heavy atom. The minimum atomic E-state index is 0.183. The second-order valence-electron chi connectivity index (χ2n) is 6.38. The van der Waals surface area contributed by atoms with E-state index in [2.05, 4.69) is 41.0 Å². The van der Waals surface area contributed by atoms with Gasteiger partial charge in [0.25, 0.3) is 0 Å². The lowest BCUT2D eigenvalue weighted by atomic mass is 9.79. The Labute approximate surface area is 130 Å². The lowest BCUT2D eigenvalue weighted by molar-refractivity contribution is 0.525. The van der Waals surface area contributed by atoms with Gasteiger partial charge in [-0.3, -0.25) is 0 Å². The Balaban J connectivity index is 1.71. The van der Waals surface area contributed by atoms with E-state index in [1.165, 1.54) is 54.8 Å². The maximum Gasteiger partial charge on any atom is 0.103 e. The summed E-state index contributed by atoms with van der Waals surface area (Å²) in [5.74, 6) is 0. The minimum absolute atomic E-state index is 0.183. The lowest BCUT2D eigenvalue weighted by Crippen LogP contribution is -2.24. The fraction of sp³-hybridized carbons (Fsp3) is 0.500. The first-order valence-electron chi connectivity index (χ1n) is 8.13. The molecule has 2 aromatic rings. The van der Waals surface area contributed by atoms with Crippen molar-refractivity contribution in [3.8, 4) is 0 Å². The van der Waals surface area contributed by atoms with Gasteiger partial charge < -0.3 is 5.32 Å². The van der Waals surface area contributed by atoms with Crippen molar-refractivity contribution in [1.29, 1.82) is 0 Å². The zero-order chi connectivity index (χ0) is 14.1.